The van der Waals surface area contributed by atoms with Gasteiger partial charge in [0.05, 0.1) is 12.7 Å². The summed E-state index contributed by atoms with van der Waals surface area (Å²) in [5.74, 6) is 1.23. The summed E-state index contributed by atoms with van der Waals surface area (Å²) < 4.78 is 5.28. The maximum absolute atomic E-state index is 9.91. The summed E-state index contributed by atoms with van der Waals surface area (Å²) in [4.78, 5) is 0. The zero-order chi connectivity index (χ0) is 11.1. The SMILES string of the molecule is CCCC(C)CCCC(O)C1CCOC1. The van der Waals surface area contributed by atoms with E-state index in [4.69, 9.17) is 4.74 Å². The van der Waals surface area contributed by atoms with E-state index >= 15 is 0 Å². The van der Waals surface area contributed by atoms with E-state index in [2.05, 4.69) is 13.8 Å². The van der Waals surface area contributed by atoms with Gasteiger partial charge in [-0.1, -0.05) is 39.5 Å². The Morgan fingerprint density at radius 3 is 2.73 bits per heavy atom. The predicted octanol–water partition coefficient (Wildman–Crippen LogP) is 2.99. The molecule has 0 aliphatic carbocycles. The minimum absolute atomic E-state index is 0.124. The summed E-state index contributed by atoms with van der Waals surface area (Å²) in [6.07, 6.45) is 6.91. The molecule has 0 radical (unpaired) electrons. The normalized spacial score (nSPS) is 25.4. The van der Waals surface area contributed by atoms with E-state index in [-0.39, 0.29) is 6.10 Å². The Bertz CT molecular complexity index is 153. The Balaban J connectivity index is 2.03. The summed E-state index contributed by atoms with van der Waals surface area (Å²) in [5.41, 5.74) is 0. The van der Waals surface area contributed by atoms with Crippen LogP contribution in [0.3, 0.4) is 0 Å². The van der Waals surface area contributed by atoms with Crippen molar-refractivity contribution in [2.24, 2.45) is 11.8 Å². The third-order valence-electron chi connectivity index (χ3n) is 3.49. The van der Waals surface area contributed by atoms with Gasteiger partial charge in [-0.2, -0.15) is 0 Å². The van der Waals surface area contributed by atoms with Crippen LogP contribution in [-0.2, 0) is 4.74 Å². The highest BCUT2D eigenvalue weighted by Crippen LogP contribution is 2.22. The molecule has 0 saturated carbocycles. The second-order valence-electron chi connectivity index (χ2n) is 5.02. The van der Waals surface area contributed by atoms with Gasteiger partial charge in [-0.15, -0.1) is 0 Å². The molecule has 1 rings (SSSR count). The first-order chi connectivity index (χ1) is 7.24. The Morgan fingerprint density at radius 2 is 2.13 bits per heavy atom. The van der Waals surface area contributed by atoms with Gasteiger partial charge in [-0.3, -0.25) is 0 Å². The quantitative estimate of drug-likeness (QED) is 0.706. The number of hydrogen-bond acceptors (Lipinski definition) is 2. The van der Waals surface area contributed by atoms with Crippen molar-refractivity contribution in [2.45, 2.75) is 58.5 Å². The van der Waals surface area contributed by atoms with Gasteiger partial charge in [-0.25, -0.2) is 0 Å². The molecule has 90 valence electrons. The number of aliphatic hydroxyl groups is 1. The fourth-order valence-corrected chi connectivity index (χ4v) is 2.40. The van der Waals surface area contributed by atoms with Crippen molar-refractivity contribution in [3.05, 3.63) is 0 Å². The summed E-state index contributed by atoms with van der Waals surface area (Å²) >= 11 is 0. The zero-order valence-corrected chi connectivity index (χ0v) is 10.2. The first-order valence-electron chi connectivity index (χ1n) is 6.49. The van der Waals surface area contributed by atoms with E-state index in [9.17, 15) is 5.11 Å². The van der Waals surface area contributed by atoms with Gasteiger partial charge >= 0.3 is 0 Å². The second-order valence-corrected chi connectivity index (χ2v) is 5.02. The van der Waals surface area contributed by atoms with Crippen LogP contribution >= 0.6 is 0 Å². The molecule has 15 heavy (non-hydrogen) atoms. The average molecular weight is 214 g/mol. The van der Waals surface area contributed by atoms with E-state index in [1.807, 2.05) is 0 Å². The van der Waals surface area contributed by atoms with Crippen LogP contribution in [0.5, 0.6) is 0 Å². The molecule has 1 saturated heterocycles. The van der Waals surface area contributed by atoms with Gasteiger partial charge in [0.25, 0.3) is 0 Å². The molecule has 0 aromatic rings. The molecule has 3 atom stereocenters. The summed E-state index contributed by atoms with van der Waals surface area (Å²) in [5, 5.41) is 9.91. The van der Waals surface area contributed by atoms with Crippen molar-refractivity contribution in [3.8, 4) is 0 Å². The molecule has 0 spiro atoms. The molecule has 0 aromatic heterocycles. The first-order valence-corrected chi connectivity index (χ1v) is 6.49. The lowest BCUT2D eigenvalue weighted by atomic mass is 9.93. The highest BCUT2D eigenvalue weighted by molar-refractivity contribution is 4.72. The Morgan fingerprint density at radius 1 is 1.33 bits per heavy atom. The maximum Gasteiger partial charge on any atom is 0.0591 e. The molecule has 0 amide bonds. The number of ether oxygens (including phenoxy) is 1. The van der Waals surface area contributed by atoms with Gasteiger partial charge in [0.15, 0.2) is 0 Å². The maximum atomic E-state index is 9.91. The smallest absolute Gasteiger partial charge is 0.0591 e. The summed E-state index contributed by atoms with van der Waals surface area (Å²) in [6.45, 7) is 6.16. The Hall–Kier alpha value is -0.0800. The molecular formula is C13H26O2. The van der Waals surface area contributed by atoms with Crippen molar-refractivity contribution in [1.82, 2.24) is 0 Å². The fraction of sp³-hybridized carbons (Fsp3) is 1.00. The largest absolute Gasteiger partial charge is 0.393 e. The van der Waals surface area contributed by atoms with Crippen molar-refractivity contribution < 1.29 is 9.84 Å². The van der Waals surface area contributed by atoms with Gasteiger partial charge in [-0.05, 0) is 18.8 Å². The van der Waals surface area contributed by atoms with Gasteiger partial charge in [0.2, 0.25) is 0 Å². The fourth-order valence-electron chi connectivity index (χ4n) is 2.40. The Kier molecular flexibility index (Phi) is 6.26. The summed E-state index contributed by atoms with van der Waals surface area (Å²) in [6, 6.07) is 0. The van der Waals surface area contributed by atoms with Gasteiger partial charge in [0.1, 0.15) is 0 Å². The van der Waals surface area contributed by atoms with Crippen molar-refractivity contribution in [2.75, 3.05) is 13.2 Å². The van der Waals surface area contributed by atoms with Crippen LogP contribution in [0.4, 0.5) is 0 Å². The molecule has 1 N–H and O–H groups in total. The molecule has 1 heterocycles. The lowest BCUT2D eigenvalue weighted by Gasteiger charge is -2.17. The molecule has 2 nitrogen and oxygen atoms in total. The van der Waals surface area contributed by atoms with Gasteiger partial charge < -0.3 is 9.84 Å². The summed E-state index contributed by atoms with van der Waals surface area (Å²) in [7, 11) is 0. The van der Waals surface area contributed by atoms with Crippen LogP contribution in [0.25, 0.3) is 0 Å². The average Bonchev–Trinajstić information content (AvgIpc) is 2.70. The van der Waals surface area contributed by atoms with Crippen molar-refractivity contribution >= 4 is 0 Å². The lowest BCUT2D eigenvalue weighted by molar-refractivity contribution is 0.0816. The third-order valence-corrected chi connectivity index (χ3v) is 3.49. The van der Waals surface area contributed by atoms with E-state index in [0.29, 0.717) is 5.92 Å². The Labute approximate surface area is 94.0 Å². The standard InChI is InChI=1S/C13H26O2/c1-3-5-11(2)6-4-7-13(14)12-8-9-15-10-12/h11-14H,3-10H2,1-2H3. The van der Waals surface area contributed by atoms with E-state index in [1.54, 1.807) is 0 Å². The lowest BCUT2D eigenvalue weighted by Crippen LogP contribution is -2.20. The molecule has 3 unspecified atom stereocenters. The minimum Gasteiger partial charge on any atom is -0.393 e. The monoisotopic (exact) mass is 214 g/mol. The van der Waals surface area contributed by atoms with Crippen LogP contribution in [0.15, 0.2) is 0 Å². The molecular weight excluding hydrogens is 188 g/mol. The third kappa shape index (κ3) is 4.98. The van der Waals surface area contributed by atoms with Crippen molar-refractivity contribution in [1.29, 1.82) is 0 Å². The molecule has 1 fully saturated rings. The first kappa shape index (κ1) is 13.0. The van der Waals surface area contributed by atoms with Gasteiger partial charge in [0, 0.05) is 12.5 Å². The minimum atomic E-state index is -0.124. The van der Waals surface area contributed by atoms with E-state index < -0.39 is 0 Å². The van der Waals surface area contributed by atoms with Crippen LogP contribution in [-0.4, -0.2) is 24.4 Å². The molecule has 0 aromatic carbocycles. The molecule has 1 aliphatic heterocycles. The van der Waals surface area contributed by atoms with Crippen molar-refractivity contribution in [3.63, 3.8) is 0 Å². The molecule has 1 aliphatic rings. The number of aliphatic hydroxyl groups excluding tert-OH is 1. The van der Waals surface area contributed by atoms with E-state index in [1.165, 1.54) is 25.7 Å². The van der Waals surface area contributed by atoms with Crippen LogP contribution in [0.1, 0.15) is 52.4 Å². The topological polar surface area (TPSA) is 29.5 Å². The number of hydrogen-bond donors (Lipinski definition) is 1. The predicted molar refractivity (Wildman–Crippen MR) is 62.9 cm³/mol. The zero-order valence-electron chi connectivity index (χ0n) is 10.2. The highest BCUT2D eigenvalue weighted by atomic mass is 16.5. The molecule has 0 bridgehead atoms. The second kappa shape index (κ2) is 7.24. The molecule has 2 heteroatoms. The number of rotatable bonds is 7. The highest BCUT2D eigenvalue weighted by Gasteiger charge is 2.23. The van der Waals surface area contributed by atoms with Crippen LogP contribution in [0, 0.1) is 11.8 Å². The van der Waals surface area contributed by atoms with Crippen LogP contribution < -0.4 is 0 Å². The van der Waals surface area contributed by atoms with Crippen LogP contribution in [0.2, 0.25) is 0 Å². The van der Waals surface area contributed by atoms with E-state index in [0.717, 1.165) is 32.0 Å².